The first-order valence-corrected chi connectivity index (χ1v) is 9.37. The summed E-state index contributed by atoms with van der Waals surface area (Å²) in [6, 6.07) is 0. The molecule has 0 saturated carbocycles. The highest BCUT2D eigenvalue weighted by molar-refractivity contribution is 14.0. The highest BCUT2D eigenvalue weighted by atomic mass is 127. The minimum Gasteiger partial charge on any atom is -0.374 e. The van der Waals surface area contributed by atoms with Gasteiger partial charge in [-0.05, 0) is 19.8 Å². The minimum absolute atomic E-state index is 0. The molecule has 144 valence electrons. The van der Waals surface area contributed by atoms with Gasteiger partial charge in [-0.3, -0.25) is 9.79 Å². The van der Waals surface area contributed by atoms with Crippen LogP contribution in [0.4, 0.5) is 0 Å². The average molecular weight is 464 g/mol. The van der Waals surface area contributed by atoms with Crippen molar-refractivity contribution < 1.29 is 9.53 Å². The second-order valence-corrected chi connectivity index (χ2v) is 8.26. The molecule has 0 aliphatic carbocycles. The summed E-state index contributed by atoms with van der Waals surface area (Å²) in [6.45, 7) is 12.0. The minimum atomic E-state index is -0.347. The van der Waals surface area contributed by atoms with Crippen LogP contribution in [0.5, 0.6) is 0 Å². The van der Waals surface area contributed by atoms with Crippen LogP contribution in [-0.2, 0) is 9.53 Å². The van der Waals surface area contributed by atoms with Crippen LogP contribution >= 0.6 is 24.0 Å². The number of hydrogen-bond acceptors (Lipinski definition) is 3. The Kier molecular flexibility index (Phi) is 6.98. The molecule has 3 rings (SSSR count). The van der Waals surface area contributed by atoms with Crippen molar-refractivity contribution in [3.63, 3.8) is 0 Å². The summed E-state index contributed by atoms with van der Waals surface area (Å²) < 4.78 is 6.05. The number of nitrogens with one attached hydrogen (secondary N) is 2. The number of likely N-dealkylation sites (tertiary alicyclic amines) is 1. The van der Waals surface area contributed by atoms with Crippen molar-refractivity contribution in [2.75, 3.05) is 32.7 Å². The van der Waals surface area contributed by atoms with Gasteiger partial charge < -0.3 is 20.3 Å². The van der Waals surface area contributed by atoms with E-state index in [1.807, 2.05) is 20.8 Å². The van der Waals surface area contributed by atoms with Crippen molar-refractivity contribution in [2.45, 2.75) is 52.7 Å². The molecule has 3 heterocycles. The van der Waals surface area contributed by atoms with Crippen LogP contribution < -0.4 is 10.6 Å². The Bertz CT molecular complexity index is 488. The smallest absolute Gasteiger partial charge is 0.225 e. The van der Waals surface area contributed by atoms with E-state index in [1.165, 1.54) is 12.8 Å². The van der Waals surface area contributed by atoms with E-state index in [4.69, 9.17) is 9.73 Å². The van der Waals surface area contributed by atoms with E-state index in [0.717, 1.165) is 25.6 Å². The third kappa shape index (κ3) is 4.59. The molecule has 3 aliphatic heterocycles. The van der Waals surface area contributed by atoms with Gasteiger partial charge in [0.2, 0.25) is 5.91 Å². The zero-order valence-electron chi connectivity index (χ0n) is 15.9. The first-order valence-electron chi connectivity index (χ1n) is 9.37. The Hall–Kier alpha value is -0.570. The lowest BCUT2D eigenvalue weighted by atomic mass is 9.82. The zero-order valence-corrected chi connectivity index (χ0v) is 18.2. The molecule has 3 fully saturated rings. The summed E-state index contributed by atoms with van der Waals surface area (Å²) in [6.07, 6.45) is 3.40. The predicted molar refractivity (Wildman–Crippen MR) is 110 cm³/mol. The summed E-state index contributed by atoms with van der Waals surface area (Å²) in [5.41, 5.74) is -0.347. The summed E-state index contributed by atoms with van der Waals surface area (Å²) in [4.78, 5) is 19.0. The molecule has 3 aliphatic rings. The predicted octanol–water partition coefficient (Wildman–Crippen LogP) is 1.84. The molecule has 2 bridgehead atoms. The fourth-order valence-corrected chi connectivity index (χ4v) is 4.16. The van der Waals surface area contributed by atoms with Gasteiger partial charge in [-0.2, -0.15) is 0 Å². The summed E-state index contributed by atoms with van der Waals surface area (Å²) >= 11 is 0. The highest BCUT2D eigenvalue weighted by Crippen LogP contribution is 2.47. The molecule has 0 aromatic rings. The molecule has 0 aromatic carbocycles. The van der Waals surface area contributed by atoms with Gasteiger partial charge in [0.1, 0.15) is 0 Å². The van der Waals surface area contributed by atoms with Crippen LogP contribution in [0.25, 0.3) is 0 Å². The number of aliphatic imine (C=N–C) groups is 1. The Balaban J connectivity index is 0.00000225. The number of carbonyl (C=O) groups is 1. The number of nitrogens with zero attached hydrogens (tertiary/aromatic N) is 2. The van der Waals surface area contributed by atoms with Crippen LogP contribution in [0.2, 0.25) is 0 Å². The standard InChI is InChI=1S/C18H32N4O2.HI/c1-5-19-17(21-9-8-20-16(23)18(2,3)4)22-10-12-13(11-22)15-7-6-14(12)24-15;/h12-15H,5-11H2,1-4H3,(H,19,21)(H,20,23);1H. The van der Waals surface area contributed by atoms with E-state index in [1.54, 1.807) is 0 Å². The molecule has 3 saturated heterocycles. The molecule has 25 heavy (non-hydrogen) atoms. The van der Waals surface area contributed by atoms with Gasteiger partial charge in [0.25, 0.3) is 0 Å². The monoisotopic (exact) mass is 464 g/mol. The van der Waals surface area contributed by atoms with Crippen LogP contribution in [0.1, 0.15) is 40.5 Å². The number of hydrogen-bond donors (Lipinski definition) is 2. The molecule has 0 radical (unpaired) electrons. The highest BCUT2D eigenvalue weighted by Gasteiger charge is 2.53. The maximum atomic E-state index is 11.9. The lowest BCUT2D eigenvalue weighted by molar-refractivity contribution is -0.128. The molecule has 2 N–H and O–H groups in total. The summed E-state index contributed by atoms with van der Waals surface area (Å²) in [7, 11) is 0. The first-order chi connectivity index (χ1) is 11.4. The van der Waals surface area contributed by atoms with Crippen molar-refractivity contribution in [1.82, 2.24) is 15.5 Å². The Morgan fingerprint density at radius 3 is 2.28 bits per heavy atom. The van der Waals surface area contributed by atoms with Gasteiger partial charge in [0.05, 0.1) is 18.8 Å². The molecule has 0 aromatic heterocycles. The van der Waals surface area contributed by atoms with Crippen LogP contribution in [0.3, 0.4) is 0 Å². The van der Waals surface area contributed by atoms with Gasteiger partial charge in [-0.1, -0.05) is 20.8 Å². The largest absolute Gasteiger partial charge is 0.374 e. The number of halogens is 1. The lowest BCUT2D eigenvalue weighted by Gasteiger charge is -2.23. The van der Waals surface area contributed by atoms with Crippen LogP contribution in [0, 0.1) is 17.3 Å². The SMILES string of the molecule is CCNC(=NCCNC(=O)C(C)(C)C)N1CC2C3CCC(O3)C2C1.I. The molecule has 1 amide bonds. The van der Waals surface area contributed by atoms with E-state index in [2.05, 4.69) is 22.5 Å². The molecular weight excluding hydrogens is 431 g/mol. The number of rotatable bonds is 4. The second kappa shape index (κ2) is 8.41. The Labute approximate surface area is 168 Å². The van der Waals surface area contributed by atoms with Gasteiger partial charge in [0, 0.05) is 43.4 Å². The van der Waals surface area contributed by atoms with Gasteiger partial charge in [0.15, 0.2) is 5.96 Å². The maximum absolute atomic E-state index is 11.9. The number of guanidine groups is 1. The van der Waals surface area contributed by atoms with Crippen molar-refractivity contribution in [3.05, 3.63) is 0 Å². The van der Waals surface area contributed by atoms with Gasteiger partial charge in [-0.25, -0.2) is 0 Å². The van der Waals surface area contributed by atoms with Crippen molar-refractivity contribution in [2.24, 2.45) is 22.2 Å². The van der Waals surface area contributed by atoms with E-state index < -0.39 is 0 Å². The maximum Gasteiger partial charge on any atom is 0.225 e. The second-order valence-electron chi connectivity index (χ2n) is 8.26. The van der Waals surface area contributed by atoms with E-state index >= 15 is 0 Å². The topological polar surface area (TPSA) is 66.0 Å². The number of amides is 1. The molecule has 0 spiro atoms. The van der Waals surface area contributed by atoms with Crippen LogP contribution in [0.15, 0.2) is 4.99 Å². The van der Waals surface area contributed by atoms with E-state index in [9.17, 15) is 4.79 Å². The van der Waals surface area contributed by atoms with Crippen molar-refractivity contribution >= 4 is 35.8 Å². The quantitative estimate of drug-likeness (QED) is 0.289. The normalized spacial score (nSPS) is 30.9. The molecule has 4 unspecified atom stereocenters. The van der Waals surface area contributed by atoms with Crippen molar-refractivity contribution in [1.29, 1.82) is 0 Å². The fraction of sp³-hybridized carbons (Fsp3) is 0.889. The Morgan fingerprint density at radius 2 is 1.76 bits per heavy atom. The van der Waals surface area contributed by atoms with Gasteiger partial charge >= 0.3 is 0 Å². The molecule has 6 nitrogen and oxygen atoms in total. The number of carbonyl (C=O) groups excluding carboxylic acids is 1. The third-order valence-corrected chi connectivity index (χ3v) is 5.43. The van der Waals surface area contributed by atoms with E-state index in [0.29, 0.717) is 37.1 Å². The van der Waals surface area contributed by atoms with E-state index in [-0.39, 0.29) is 35.3 Å². The zero-order chi connectivity index (χ0) is 17.3. The van der Waals surface area contributed by atoms with Gasteiger partial charge in [-0.15, -0.1) is 24.0 Å². The molecule has 7 heteroatoms. The Morgan fingerprint density at radius 1 is 1.16 bits per heavy atom. The van der Waals surface area contributed by atoms with Crippen molar-refractivity contribution in [3.8, 4) is 0 Å². The average Bonchev–Trinajstić information content (AvgIpc) is 3.20. The number of fused-ring (bicyclic) bond motifs is 5. The first kappa shape index (κ1) is 20.7. The summed E-state index contributed by atoms with van der Waals surface area (Å²) in [5.74, 6) is 2.41. The molecular formula is C18H33IN4O2. The number of ether oxygens (including phenoxy) is 1. The van der Waals surface area contributed by atoms with Crippen LogP contribution in [-0.4, -0.2) is 61.7 Å². The third-order valence-electron chi connectivity index (χ3n) is 5.43. The lowest BCUT2D eigenvalue weighted by Crippen LogP contribution is -2.42. The fourth-order valence-electron chi connectivity index (χ4n) is 4.16. The summed E-state index contributed by atoms with van der Waals surface area (Å²) in [5, 5.41) is 6.37. The molecule has 4 atom stereocenters.